The average Bonchev–Trinajstić information content (AvgIpc) is 3.09. The van der Waals surface area contributed by atoms with Gasteiger partial charge in [-0.1, -0.05) is 12.1 Å². The molecule has 0 atom stereocenters. The Morgan fingerprint density at radius 3 is 2.43 bits per heavy atom. The van der Waals surface area contributed by atoms with E-state index >= 15 is 0 Å². The maximum Gasteiger partial charge on any atom is 0.286 e. The normalized spacial score (nSPS) is 18.8. The second-order valence-electron chi connectivity index (χ2n) is 6.58. The minimum atomic E-state index is -0.366. The number of hydrogen-bond donors (Lipinski definition) is 0. The Hall–Kier alpha value is -1.83. The average molecular weight is 405 g/mol. The Labute approximate surface area is 170 Å². The molecule has 2 aliphatic heterocycles. The van der Waals surface area contributed by atoms with Gasteiger partial charge in [0.1, 0.15) is 12.4 Å². The summed E-state index contributed by atoms with van der Waals surface area (Å²) in [6, 6.07) is 7.65. The van der Waals surface area contributed by atoms with E-state index in [1.165, 1.54) is 31.0 Å². The highest BCUT2D eigenvalue weighted by molar-refractivity contribution is 8.18. The molecule has 0 unspecified atom stereocenters. The lowest BCUT2D eigenvalue weighted by molar-refractivity contribution is -0.152. The lowest BCUT2D eigenvalue weighted by Crippen LogP contribution is -2.33. The number of carbonyl (C=O) groups excluding carboxylic acids is 1. The molecule has 3 rings (SSSR count). The molecular weight excluding hydrogens is 376 g/mol. The van der Waals surface area contributed by atoms with Gasteiger partial charge >= 0.3 is 0 Å². The Bertz CT molecular complexity index is 706. The quantitative estimate of drug-likeness (QED) is 0.483. The topological polar surface area (TPSA) is 60.4 Å². The zero-order chi connectivity index (χ0) is 19.8. The van der Waals surface area contributed by atoms with E-state index in [-0.39, 0.29) is 12.2 Å². The SMILES string of the molecule is CCOC(COc1ccc(C=C2SC(N3CCCCC3)=NC2=O)cc1)OCC. The van der Waals surface area contributed by atoms with Crippen molar-refractivity contribution in [2.75, 3.05) is 32.9 Å². The van der Waals surface area contributed by atoms with Gasteiger partial charge < -0.3 is 19.1 Å². The number of amidine groups is 1. The summed E-state index contributed by atoms with van der Waals surface area (Å²) in [4.78, 5) is 19.4. The zero-order valence-corrected chi connectivity index (χ0v) is 17.4. The van der Waals surface area contributed by atoms with Gasteiger partial charge in [-0.15, -0.1) is 0 Å². The van der Waals surface area contributed by atoms with Crippen LogP contribution in [0.1, 0.15) is 38.7 Å². The van der Waals surface area contributed by atoms with Crippen LogP contribution >= 0.6 is 11.8 Å². The number of nitrogens with zero attached hydrogens (tertiary/aromatic N) is 2. The minimum absolute atomic E-state index is 0.151. The summed E-state index contributed by atoms with van der Waals surface area (Å²) in [5.41, 5.74) is 0.949. The fourth-order valence-corrected chi connectivity index (χ4v) is 4.08. The Kier molecular flexibility index (Phi) is 7.94. The second kappa shape index (κ2) is 10.6. The summed E-state index contributed by atoms with van der Waals surface area (Å²) in [6.45, 7) is 7.32. The highest BCUT2D eigenvalue weighted by atomic mass is 32.2. The Morgan fingerprint density at radius 2 is 1.79 bits per heavy atom. The smallest absolute Gasteiger partial charge is 0.286 e. The first-order valence-electron chi connectivity index (χ1n) is 9.93. The molecule has 0 bridgehead atoms. The third-order valence-electron chi connectivity index (χ3n) is 4.50. The summed E-state index contributed by atoms with van der Waals surface area (Å²) in [5.74, 6) is 0.587. The van der Waals surface area contributed by atoms with E-state index in [2.05, 4.69) is 9.89 Å². The first kappa shape index (κ1) is 20.9. The van der Waals surface area contributed by atoms with Gasteiger partial charge in [-0.25, -0.2) is 0 Å². The number of thioether (sulfide) groups is 1. The maximum absolute atomic E-state index is 12.2. The van der Waals surface area contributed by atoms with E-state index in [0.717, 1.165) is 29.6 Å². The molecule has 28 heavy (non-hydrogen) atoms. The number of benzene rings is 1. The first-order valence-corrected chi connectivity index (χ1v) is 10.7. The van der Waals surface area contributed by atoms with Crippen molar-refractivity contribution in [2.45, 2.75) is 39.4 Å². The summed E-state index contributed by atoms with van der Waals surface area (Å²) in [6.07, 6.45) is 5.12. The number of piperidine rings is 1. The van der Waals surface area contributed by atoms with Crippen LogP contribution in [0.5, 0.6) is 5.75 Å². The van der Waals surface area contributed by atoms with E-state index in [4.69, 9.17) is 14.2 Å². The number of hydrogen-bond acceptors (Lipinski definition) is 6. The second-order valence-corrected chi connectivity index (χ2v) is 7.59. The van der Waals surface area contributed by atoms with Crippen LogP contribution < -0.4 is 4.74 Å². The molecule has 1 saturated heterocycles. The first-order chi connectivity index (χ1) is 13.7. The third kappa shape index (κ3) is 5.83. The van der Waals surface area contributed by atoms with Crippen molar-refractivity contribution >= 4 is 28.9 Å². The predicted octanol–water partition coefficient (Wildman–Crippen LogP) is 3.92. The lowest BCUT2D eigenvalue weighted by atomic mass is 10.1. The van der Waals surface area contributed by atoms with Crippen molar-refractivity contribution in [3.8, 4) is 5.75 Å². The van der Waals surface area contributed by atoms with Crippen molar-refractivity contribution in [3.63, 3.8) is 0 Å². The van der Waals surface area contributed by atoms with Crippen LogP contribution in [0.3, 0.4) is 0 Å². The van der Waals surface area contributed by atoms with Crippen LogP contribution in [0.2, 0.25) is 0 Å². The Morgan fingerprint density at radius 1 is 1.11 bits per heavy atom. The van der Waals surface area contributed by atoms with Crippen LogP contribution in [0.4, 0.5) is 0 Å². The van der Waals surface area contributed by atoms with Crippen molar-refractivity contribution in [1.29, 1.82) is 0 Å². The van der Waals surface area contributed by atoms with Gasteiger partial charge in [-0.2, -0.15) is 4.99 Å². The van der Waals surface area contributed by atoms with Gasteiger partial charge in [0, 0.05) is 26.3 Å². The van der Waals surface area contributed by atoms with Gasteiger partial charge in [0.25, 0.3) is 5.91 Å². The van der Waals surface area contributed by atoms with Crippen LogP contribution in [0.25, 0.3) is 6.08 Å². The summed E-state index contributed by atoms with van der Waals surface area (Å²) >= 11 is 1.47. The van der Waals surface area contributed by atoms with Crippen LogP contribution in [-0.4, -0.2) is 55.2 Å². The largest absolute Gasteiger partial charge is 0.488 e. The van der Waals surface area contributed by atoms with Gasteiger partial charge in [-0.05, 0) is 68.6 Å². The van der Waals surface area contributed by atoms with Crippen LogP contribution in [0.15, 0.2) is 34.2 Å². The molecule has 0 N–H and O–H groups in total. The van der Waals surface area contributed by atoms with Gasteiger partial charge in [0.2, 0.25) is 0 Å². The monoisotopic (exact) mass is 404 g/mol. The van der Waals surface area contributed by atoms with E-state index < -0.39 is 0 Å². The number of ether oxygens (including phenoxy) is 3. The third-order valence-corrected chi connectivity index (χ3v) is 5.55. The van der Waals surface area contributed by atoms with E-state index in [0.29, 0.717) is 24.7 Å². The Balaban J connectivity index is 1.55. The molecule has 0 saturated carbocycles. The van der Waals surface area contributed by atoms with E-state index in [1.807, 2.05) is 44.2 Å². The number of aliphatic imine (C=N–C) groups is 1. The number of rotatable bonds is 8. The molecule has 1 aromatic rings. The number of likely N-dealkylation sites (tertiary alicyclic amines) is 1. The minimum Gasteiger partial charge on any atom is -0.488 e. The number of carbonyl (C=O) groups is 1. The van der Waals surface area contributed by atoms with Crippen molar-refractivity contribution < 1.29 is 19.0 Å². The number of amides is 1. The van der Waals surface area contributed by atoms with Crippen molar-refractivity contribution in [3.05, 3.63) is 34.7 Å². The highest BCUT2D eigenvalue weighted by Gasteiger charge is 2.26. The summed E-state index contributed by atoms with van der Waals surface area (Å²) < 4.78 is 16.7. The summed E-state index contributed by atoms with van der Waals surface area (Å²) in [5, 5.41) is 0.841. The molecule has 0 spiro atoms. The van der Waals surface area contributed by atoms with Gasteiger partial charge in [0.05, 0.1) is 4.91 Å². The van der Waals surface area contributed by atoms with Gasteiger partial charge in [-0.3, -0.25) is 4.79 Å². The van der Waals surface area contributed by atoms with Crippen LogP contribution in [-0.2, 0) is 14.3 Å². The molecule has 1 amide bonds. The molecule has 2 aliphatic rings. The zero-order valence-electron chi connectivity index (χ0n) is 16.6. The molecule has 7 heteroatoms. The fourth-order valence-electron chi connectivity index (χ4n) is 3.11. The predicted molar refractivity (Wildman–Crippen MR) is 112 cm³/mol. The van der Waals surface area contributed by atoms with Crippen molar-refractivity contribution in [1.82, 2.24) is 4.90 Å². The molecule has 0 radical (unpaired) electrons. The van der Waals surface area contributed by atoms with Crippen molar-refractivity contribution in [2.24, 2.45) is 4.99 Å². The molecule has 1 fully saturated rings. The molecule has 6 nitrogen and oxygen atoms in total. The van der Waals surface area contributed by atoms with Crippen LogP contribution in [0, 0.1) is 0 Å². The lowest BCUT2D eigenvalue weighted by Gasteiger charge is -2.27. The van der Waals surface area contributed by atoms with E-state index in [1.54, 1.807) is 0 Å². The van der Waals surface area contributed by atoms with E-state index in [9.17, 15) is 4.79 Å². The molecule has 1 aromatic carbocycles. The molecule has 2 heterocycles. The molecule has 0 aromatic heterocycles. The fraction of sp³-hybridized carbons (Fsp3) is 0.524. The standard InChI is InChI=1S/C21H28N2O4S/c1-3-25-19(26-4-2)15-27-17-10-8-16(9-11-17)14-18-20(24)22-21(28-18)23-12-6-5-7-13-23/h8-11,14,19H,3-7,12-13,15H2,1-2H3. The molecular formula is C21H28N2O4S. The summed E-state index contributed by atoms with van der Waals surface area (Å²) in [7, 11) is 0. The molecule has 0 aliphatic carbocycles. The maximum atomic E-state index is 12.2. The highest BCUT2D eigenvalue weighted by Crippen LogP contribution is 2.31. The molecule has 152 valence electrons. The van der Waals surface area contributed by atoms with Gasteiger partial charge in [0.15, 0.2) is 11.5 Å².